The topological polar surface area (TPSA) is 110 Å². The van der Waals surface area contributed by atoms with Gasteiger partial charge in [0.05, 0.1) is 17.3 Å². The minimum Gasteiger partial charge on any atom is -0.352 e. The normalized spacial score (nSPS) is 16.1. The maximum absolute atomic E-state index is 13.2. The van der Waals surface area contributed by atoms with Crippen molar-refractivity contribution < 1.29 is 14.4 Å². The second-order valence-electron chi connectivity index (χ2n) is 8.09. The van der Waals surface area contributed by atoms with Crippen molar-refractivity contribution in [2.75, 3.05) is 0 Å². The predicted molar refractivity (Wildman–Crippen MR) is 119 cm³/mol. The number of nitrogens with one attached hydrogen (secondary N) is 2. The van der Waals surface area contributed by atoms with Crippen LogP contribution in [-0.4, -0.2) is 27.3 Å². The number of imide groups is 1. The zero-order valence-corrected chi connectivity index (χ0v) is 18.0. The molecule has 2 aromatic carbocycles. The molecule has 1 aliphatic rings. The lowest BCUT2D eigenvalue weighted by Gasteiger charge is -2.24. The van der Waals surface area contributed by atoms with Gasteiger partial charge in [0.15, 0.2) is 0 Å². The fourth-order valence-corrected chi connectivity index (χ4v) is 3.92. The fraction of sp³-hybridized carbons (Fsp3) is 0.292. The van der Waals surface area contributed by atoms with Crippen molar-refractivity contribution in [2.45, 2.75) is 45.7 Å². The van der Waals surface area contributed by atoms with Crippen LogP contribution < -0.4 is 16.2 Å². The summed E-state index contributed by atoms with van der Waals surface area (Å²) in [5.41, 5.74) is 3.00. The molecule has 1 fully saturated rings. The van der Waals surface area contributed by atoms with E-state index >= 15 is 0 Å². The minimum absolute atomic E-state index is 0.114. The third-order valence-electron chi connectivity index (χ3n) is 5.64. The maximum Gasteiger partial charge on any atom is 0.262 e. The van der Waals surface area contributed by atoms with Crippen LogP contribution in [0.4, 0.5) is 0 Å². The molecule has 8 nitrogen and oxygen atoms in total. The minimum atomic E-state index is -0.769. The largest absolute Gasteiger partial charge is 0.352 e. The Morgan fingerprint density at radius 2 is 1.81 bits per heavy atom. The summed E-state index contributed by atoms with van der Waals surface area (Å²) in [6, 6.07) is 12.3. The maximum atomic E-state index is 13.2. The number of aromatic nitrogens is 2. The molecule has 3 aromatic rings. The van der Waals surface area contributed by atoms with Crippen molar-refractivity contribution in [1.82, 2.24) is 20.2 Å². The summed E-state index contributed by atoms with van der Waals surface area (Å²) in [6.07, 6.45) is 0.706. The number of benzene rings is 2. The highest BCUT2D eigenvalue weighted by molar-refractivity contribution is 5.99. The van der Waals surface area contributed by atoms with Crippen molar-refractivity contribution in [1.29, 1.82) is 0 Å². The second-order valence-corrected chi connectivity index (χ2v) is 8.09. The molecular weight excluding hydrogens is 408 g/mol. The number of piperidine rings is 1. The van der Waals surface area contributed by atoms with Crippen molar-refractivity contribution in [3.8, 4) is 0 Å². The summed E-state index contributed by atoms with van der Waals surface area (Å²) in [5, 5.41) is 5.53. The van der Waals surface area contributed by atoms with E-state index in [2.05, 4.69) is 15.6 Å². The molecule has 0 unspecified atom stereocenters. The van der Waals surface area contributed by atoms with E-state index in [0.29, 0.717) is 16.7 Å². The fourth-order valence-electron chi connectivity index (χ4n) is 3.92. The number of hydrogen-bond donors (Lipinski definition) is 2. The number of rotatable bonds is 5. The molecule has 1 saturated heterocycles. The number of aryl methyl sites for hydroxylation is 2. The van der Waals surface area contributed by atoms with Crippen molar-refractivity contribution in [2.24, 2.45) is 0 Å². The van der Waals surface area contributed by atoms with Gasteiger partial charge in [-0.2, -0.15) is 0 Å². The molecule has 32 heavy (non-hydrogen) atoms. The molecule has 1 aromatic heterocycles. The Labute approximate surface area is 184 Å². The first-order valence-corrected chi connectivity index (χ1v) is 10.5. The molecule has 164 valence electrons. The molecule has 0 saturated carbocycles. The van der Waals surface area contributed by atoms with Gasteiger partial charge in [0.2, 0.25) is 17.7 Å². The molecule has 0 radical (unpaired) electrons. The van der Waals surface area contributed by atoms with Crippen LogP contribution in [0.3, 0.4) is 0 Å². The average Bonchev–Trinajstić information content (AvgIpc) is 2.75. The number of carbonyl (C=O) groups is 3. The van der Waals surface area contributed by atoms with Gasteiger partial charge in [-0.15, -0.1) is 0 Å². The van der Waals surface area contributed by atoms with E-state index in [1.165, 1.54) is 4.57 Å². The van der Waals surface area contributed by atoms with Crippen LogP contribution in [-0.2, 0) is 27.3 Å². The predicted octanol–water partition coefficient (Wildman–Crippen LogP) is 1.85. The Morgan fingerprint density at radius 1 is 1.09 bits per heavy atom. The van der Waals surface area contributed by atoms with Crippen LogP contribution >= 0.6 is 0 Å². The summed E-state index contributed by atoms with van der Waals surface area (Å²) in [7, 11) is 0. The van der Waals surface area contributed by atoms with Gasteiger partial charge in [-0.3, -0.25) is 29.1 Å². The van der Waals surface area contributed by atoms with Crippen LogP contribution in [0.15, 0.2) is 47.3 Å². The smallest absolute Gasteiger partial charge is 0.262 e. The highest BCUT2D eigenvalue weighted by Gasteiger charge is 2.30. The Kier molecular flexibility index (Phi) is 5.85. The standard InChI is InChI=1S/C24H24N4O4/c1-14-3-5-16(6-4-14)12-22(30)25-13-17-7-8-19-18(11-17)24(32)28(15(2)26-19)20-9-10-21(29)27-23(20)31/h3-8,11,20H,9-10,12-13H2,1-2H3,(H,25,30)(H,27,29,31)/t20-/m0/s1. The van der Waals surface area contributed by atoms with E-state index in [9.17, 15) is 19.2 Å². The zero-order valence-electron chi connectivity index (χ0n) is 18.0. The van der Waals surface area contributed by atoms with Crippen LogP contribution in [0.25, 0.3) is 10.9 Å². The first-order chi connectivity index (χ1) is 15.3. The molecule has 0 bridgehead atoms. The van der Waals surface area contributed by atoms with E-state index in [0.717, 1.165) is 16.7 Å². The number of nitrogens with zero attached hydrogens (tertiary/aromatic N) is 2. The molecule has 1 aliphatic heterocycles. The Hall–Kier alpha value is -3.81. The van der Waals surface area contributed by atoms with Gasteiger partial charge < -0.3 is 5.32 Å². The summed E-state index contributed by atoms with van der Waals surface area (Å²) >= 11 is 0. The molecule has 2 heterocycles. The number of carbonyl (C=O) groups excluding carboxylic acids is 3. The quantitative estimate of drug-likeness (QED) is 0.598. The molecule has 3 amide bonds. The lowest BCUT2D eigenvalue weighted by molar-refractivity contribution is -0.135. The summed E-state index contributed by atoms with van der Waals surface area (Å²) in [6.45, 7) is 3.93. The van der Waals surface area contributed by atoms with Crippen LogP contribution in [0.1, 0.15) is 41.4 Å². The Bertz CT molecular complexity index is 1280. The van der Waals surface area contributed by atoms with Crippen molar-refractivity contribution >= 4 is 28.6 Å². The Morgan fingerprint density at radius 3 is 2.53 bits per heavy atom. The van der Waals surface area contributed by atoms with E-state index in [4.69, 9.17) is 0 Å². The van der Waals surface area contributed by atoms with E-state index < -0.39 is 11.9 Å². The lowest BCUT2D eigenvalue weighted by Crippen LogP contribution is -2.45. The molecule has 8 heteroatoms. The van der Waals surface area contributed by atoms with Gasteiger partial charge in [-0.1, -0.05) is 35.9 Å². The highest BCUT2D eigenvalue weighted by atomic mass is 16.2. The van der Waals surface area contributed by atoms with E-state index in [1.54, 1.807) is 19.1 Å². The van der Waals surface area contributed by atoms with E-state index in [-0.39, 0.29) is 43.2 Å². The third kappa shape index (κ3) is 4.44. The first kappa shape index (κ1) is 21.4. The van der Waals surface area contributed by atoms with Gasteiger partial charge in [-0.25, -0.2) is 4.98 Å². The summed E-state index contributed by atoms with van der Waals surface area (Å²) < 4.78 is 1.35. The lowest BCUT2D eigenvalue weighted by atomic mass is 10.0. The number of amides is 3. The highest BCUT2D eigenvalue weighted by Crippen LogP contribution is 2.20. The van der Waals surface area contributed by atoms with Gasteiger partial charge >= 0.3 is 0 Å². The van der Waals surface area contributed by atoms with Gasteiger partial charge in [0, 0.05) is 13.0 Å². The van der Waals surface area contributed by atoms with Crippen LogP contribution in [0.2, 0.25) is 0 Å². The summed E-state index contributed by atoms with van der Waals surface area (Å²) in [4.78, 5) is 53.7. The molecule has 0 aliphatic carbocycles. The van der Waals surface area contributed by atoms with Gasteiger partial charge in [0.25, 0.3) is 5.56 Å². The summed E-state index contributed by atoms with van der Waals surface area (Å²) in [5.74, 6) is -0.533. The second kappa shape index (κ2) is 8.74. The van der Waals surface area contributed by atoms with Crippen LogP contribution in [0.5, 0.6) is 0 Å². The van der Waals surface area contributed by atoms with Crippen molar-refractivity contribution in [3.05, 3.63) is 75.3 Å². The molecular formula is C24H24N4O4. The number of hydrogen-bond acceptors (Lipinski definition) is 5. The Balaban J connectivity index is 1.54. The SMILES string of the molecule is Cc1ccc(CC(=O)NCc2ccc3nc(C)n([C@H]4CCC(=O)NC4=O)c(=O)c3c2)cc1. The van der Waals surface area contributed by atoms with Crippen molar-refractivity contribution in [3.63, 3.8) is 0 Å². The van der Waals surface area contributed by atoms with Gasteiger partial charge in [-0.05, 0) is 43.5 Å². The number of fused-ring (bicyclic) bond motifs is 1. The third-order valence-corrected chi connectivity index (χ3v) is 5.64. The average molecular weight is 432 g/mol. The van der Waals surface area contributed by atoms with E-state index in [1.807, 2.05) is 37.3 Å². The molecule has 2 N–H and O–H groups in total. The first-order valence-electron chi connectivity index (χ1n) is 10.5. The molecule has 1 atom stereocenters. The molecule has 4 rings (SSSR count). The monoisotopic (exact) mass is 432 g/mol. The van der Waals surface area contributed by atoms with Gasteiger partial charge in [0.1, 0.15) is 11.9 Å². The zero-order chi connectivity index (χ0) is 22.8. The van der Waals surface area contributed by atoms with Crippen LogP contribution in [0, 0.1) is 13.8 Å². The molecule has 0 spiro atoms.